The van der Waals surface area contributed by atoms with Gasteiger partial charge in [0.1, 0.15) is 12.4 Å². The summed E-state index contributed by atoms with van der Waals surface area (Å²) in [7, 11) is 0. The van der Waals surface area contributed by atoms with E-state index in [0.29, 0.717) is 18.1 Å². The highest BCUT2D eigenvalue weighted by Gasteiger charge is 2.52. The van der Waals surface area contributed by atoms with Gasteiger partial charge in [-0.15, -0.1) is 0 Å². The SMILES string of the molecule is C[C@H](NCc1cccc(OCc2ccccc2Cl)c1)C12CC3CC(CC(C3)C1)C2. The van der Waals surface area contributed by atoms with Gasteiger partial charge in [-0.25, -0.2) is 0 Å². The Balaban J connectivity index is 1.19. The minimum atomic E-state index is 0.500. The third kappa shape index (κ3) is 4.07. The molecule has 4 fully saturated rings. The minimum absolute atomic E-state index is 0.500. The smallest absolute Gasteiger partial charge is 0.120 e. The fourth-order valence-electron chi connectivity index (χ4n) is 6.72. The molecule has 4 saturated carbocycles. The summed E-state index contributed by atoms with van der Waals surface area (Å²) >= 11 is 6.25. The van der Waals surface area contributed by atoms with Crippen molar-refractivity contribution in [2.45, 2.75) is 64.6 Å². The molecule has 0 aliphatic heterocycles. The summed E-state index contributed by atoms with van der Waals surface area (Å²) in [5, 5.41) is 4.65. The maximum absolute atomic E-state index is 6.25. The molecule has 2 nitrogen and oxygen atoms in total. The molecule has 0 amide bonds. The Hall–Kier alpha value is -1.51. The lowest BCUT2D eigenvalue weighted by Gasteiger charge is -2.59. The Bertz CT molecular complexity index is 828. The van der Waals surface area contributed by atoms with E-state index in [1.165, 1.54) is 44.1 Å². The van der Waals surface area contributed by atoms with Crippen LogP contribution < -0.4 is 10.1 Å². The first-order chi connectivity index (χ1) is 14.1. The van der Waals surface area contributed by atoms with E-state index in [0.717, 1.165) is 40.6 Å². The van der Waals surface area contributed by atoms with Crippen molar-refractivity contribution in [3.63, 3.8) is 0 Å². The number of rotatable bonds is 7. The molecule has 4 aliphatic carbocycles. The Morgan fingerprint density at radius 3 is 2.38 bits per heavy atom. The first-order valence-corrected chi connectivity index (χ1v) is 11.7. The zero-order valence-corrected chi connectivity index (χ0v) is 18.1. The van der Waals surface area contributed by atoms with Gasteiger partial charge in [0.05, 0.1) is 0 Å². The summed E-state index contributed by atoms with van der Waals surface area (Å²) in [6.07, 6.45) is 8.89. The molecule has 1 N–H and O–H groups in total. The molecule has 154 valence electrons. The zero-order valence-electron chi connectivity index (χ0n) is 17.4. The second-order valence-electron chi connectivity index (χ2n) is 9.91. The maximum atomic E-state index is 6.25. The van der Waals surface area contributed by atoms with Crippen LogP contribution in [0.3, 0.4) is 0 Å². The average molecular weight is 410 g/mol. The molecule has 0 spiro atoms. The first kappa shape index (κ1) is 19.5. The van der Waals surface area contributed by atoms with E-state index in [4.69, 9.17) is 16.3 Å². The number of ether oxygens (including phenoxy) is 1. The Morgan fingerprint density at radius 1 is 1.00 bits per heavy atom. The van der Waals surface area contributed by atoms with Crippen molar-refractivity contribution >= 4 is 11.6 Å². The van der Waals surface area contributed by atoms with Gasteiger partial charge in [0, 0.05) is 23.2 Å². The Labute approximate surface area is 180 Å². The van der Waals surface area contributed by atoms with E-state index in [9.17, 15) is 0 Å². The van der Waals surface area contributed by atoms with Gasteiger partial charge in [-0.1, -0.05) is 41.9 Å². The topological polar surface area (TPSA) is 21.3 Å². The van der Waals surface area contributed by atoms with Crippen LogP contribution in [0.5, 0.6) is 5.75 Å². The third-order valence-corrected chi connectivity index (χ3v) is 8.24. The lowest BCUT2D eigenvalue weighted by Crippen LogP contribution is -2.54. The summed E-state index contributed by atoms with van der Waals surface area (Å²) in [4.78, 5) is 0. The lowest BCUT2D eigenvalue weighted by molar-refractivity contribution is -0.0706. The van der Waals surface area contributed by atoms with Gasteiger partial charge in [0.25, 0.3) is 0 Å². The molecule has 0 saturated heterocycles. The van der Waals surface area contributed by atoms with Crippen LogP contribution >= 0.6 is 11.6 Å². The van der Waals surface area contributed by atoms with E-state index in [2.05, 4.69) is 30.4 Å². The highest BCUT2D eigenvalue weighted by molar-refractivity contribution is 6.31. The molecular weight excluding hydrogens is 378 g/mol. The van der Waals surface area contributed by atoms with Crippen LogP contribution in [-0.2, 0) is 13.2 Å². The van der Waals surface area contributed by atoms with Crippen LogP contribution in [0, 0.1) is 23.2 Å². The van der Waals surface area contributed by atoms with Crippen LogP contribution in [0.2, 0.25) is 5.02 Å². The van der Waals surface area contributed by atoms with Gasteiger partial charge < -0.3 is 10.1 Å². The fraction of sp³-hybridized carbons (Fsp3) is 0.538. The summed E-state index contributed by atoms with van der Waals surface area (Å²) in [5.74, 6) is 3.93. The number of hydrogen-bond acceptors (Lipinski definition) is 2. The molecule has 0 radical (unpaired) electrons. The standard InChI is InChI=1S/C26H32ClNO/c1-18(26-13-20-9-21(14-26)11-22(10-20)15-26)28-16-19-5-4-7-24(12-19)29-17-23-6-2-3-8-25(23)27/h2-8,12,18,20-22,28H,9-11,13-17H2,1H3/t18-,20?,21?,22?,26?/m0/s1. The van der Waals surface area contributed by atoms with Crippen LogP contribution in [0.25, 0.3) is 0 Å². The van der Waals surface area contributed by atoms with E-state index < -0.39 is 0 Å². The third-order valence-electron chi connectivity index (χ3n) is 7.87. The largest absolute Gasteiger partial charge is 0.489 e. The van der Waals surface area contributed by atoms with Crippen LogP contribution in [0.4, 0.5) is 0 Å². The van der Waals surface area contributed by atoms with Gasteiger partial charge >= 0.3 is 0 Å². The van der Waals surface area contributed by atoms with Crippen molar-refractivity contribution in [2.24, 2.45) is 23.2 Å². The molecule has 3 heteroatoms. The minimum Gasteiger partial charge on any atom is -0.489 e. The van der Waals surface area contributed by atoms with Crippen molar-refractivity contribution in [1.82, 2.24) is 5.32 Å². The molecule has 0 heterocycles. The van der Waals surface area contributed by atoms with Gasteiger partial charge in [-0.3, -0.25) is 0 Å². The normalized spacial score (nSPS) is 31.0. The fourth-order valence-corrected chi connectivity index (χ4v) is 6.91. The van der Waals surface area contributed by atoms with Crippen molar-refractivity contribution in [3.8, 4) is 5.75 Å². The Kier molecular flexibility index (Phi) is 5.34. The number of halogens is 1. The molecule has 6 rings (SSSR count). The number of benzene rings is 2. The number of hydrogen-bond donors (Lipinski definition) is 1. The van der Waals surface area contributed by atoms with E-state index >= 15 is 0 Å². The van der Waals surface area contributed by atoms with Gasteiger partial charge in [-0.05, 0) is 92.4 Å². The average Bonchev–Trinajstić information content (AvgIpc) is 2.71. The molecule has 1 atom stereocenters. The molecule has 4 aliphatic rings. The second kappa shape index (κ2) is 7.96. The maximum Gasteiger partial charge on any atom is 0.120 e. The van der Waals surface area contributed by atoms with Gasteiger partial charge in [-0.2, -0.15) is 0 Å². The molecular formula is C26H32ClNO. The van der Waals surface area contributed by atoms with Crippen molar-refractivity contribution in [3.05, 3.63) is 64.7 Å². The molecule has 0 aromatic heterocycles. The van der Waals surface area contributed by atoms with E-state index in [1.54, 1.807) is 0 Å². The lowest BCUT2D eigenvalue weighted by atomic mass is 9.48. The van der Waals surface area contributed by atoms with Crippen LogP contribution in [0.1, 0.15) is 56.6 Å². The molecule has 29 heavy (non-hydrogen) atoms. The second-order valence-corrected chi connectivity index (χ2v) is 10.3. The highest BCUT2D eigenvalue weighted by Crippen LogP contribution is 2.61. The molecule has 0 unspecified atom stereocenters. The number of nitrogens with one attached hydrogen (secondary N) is 1. The predicted octanol–water partition coefficient (Wildman–Crippen LogP) is 6.61. The van der Waals surface area contributed by atoms with Gasteiger partial charge in [0.15, 0.2) is 0 Å². The predicted molar refractivity (Wildman–Crippen MR) is 119 cm³/mol. The first-order valence-electron chi connectivity index (χ1n) is 11.3. The quantitative estimate of drug-likeness (QED) is 0.555. The highest BCUT2D eigenvalue weighted by atomic mass is 35.5. The summed E-state index contributed by atoms with van der Waals surface area (Å²) in [5.41, 5.74) is 2.86. The summed E-state index contributed by atoms with van der Waals surface area (Å²) < 4.78 is 6.01. The van der Waals surface area contributed by atoms with E-state index in [1.807, 2.05) is 30.3 Å². The summed E-state index contributed by atoms with van der Waals surface area (Å²) in [6, 6.07) is 16.9. The summed E-state index contributed by atoms with van der Waals surface area (Å²) in [6.45, 7) is 3.84. The Morgan fingerprint density at radius 2 is 1.69 bits per heavy atom. The molecule has 2 aromatic rings. The van der Waals surface area contributed by atoms with Crippen molar-refractivity contribution < 1.29 is 4.74 Å². The van der Waals surface area contributed by atoms with Crippen LogP contribution in [0.15, 0.2) is 48.5 Å². The van der Waals surface area contributed by atoms with Crippen molar-refractivity contribution in [2.75, 3.05) is 0 Å². The molecule has 4 bridgehead atoms. The van der Waals surface area contributed by atoms with Crippen molar-refractivity contribution in [1.29, 1.82) is 0 Å². The monoisotopic (exact) mass is 409 g/mol. The zero-order chi connectivity index (χ0) is 19.8. The van der Waals surface area contributed by atoms with Crippen LogP contribution in [-0.4, -0.2) is 6.04 Å². The van der Waals surface area contributed by atoms with E-state index in [-0.39, 0.29) is 0 Å². The van der Waals surface area contributed by atoms with Gasteiger partial charge in [0.2, 0.25) is 0 Å². The molecule has 2 aromatic carbocycles.